The van der Waals surface area contributed by atoms with Crippen LogP contribution in [0, 0.1) is 17.0 Å². The van der Waals surface area contributed by atoms with Crippen LogP contribution in [0.4, 0.5) is 11.4 Å². The number of nitro groups is 1. The fourth-order valence-electron chi connectivity index (χ4n) is 1.60. The van der Waals surface area contributed by atoms with Crippen molar-refractivity contribution in [3.8, 4) is 0 Å². The Morgan fingerprint density at radius 1 is 1.53 bits per heavy atom. The Balaban J connectivity index is 2.67. The molecule has 0 aromatic heterocycles. The minimum absolute atomic E-state index is 0.153. The molecule has 0 aliphatic rings. The first kappa shape index (κ1) is 13.4. The number of nitrogens with zero attached hydrogens (tertiary/aromatic N) is 1. The molecule has 0 aliphatic carbocycles. The minimum Gasteiger partial charge on any atom is -0.385 e. The number of nitro benzene ring substituents is 1. The van der Waals surface area contributed by atoms with Gasteiger partial charge in [0.2, 0.25) is 0 Å². The van der Waals surface area contributed by atoms with Crippen molar-refractivity contribution in [3.05, 3.63) is 33.9 Å². The maximum absolute atomic E-state index is 10.7. The highest BCUT2D eigenvalue weighted by atomic mass is 16.6. The SMILES string of the molecule is COCCC(C)Nc1ccc([N+](=O)[O-])c(C)c1. The predicted octanol–water partition coefficient (Wildman–Crippen LogP) is 2.74. The topological polar surface area (TPSA) is 64.4 Å². The first-order chi connectivity index (χ1) is 8.04. The molecule has 0 saturated heterocycles. The molecule has 0 fully saturated rings. The van der Waals surface area contributed by atoms with E-state index in [4.69, 9.17) is 4.74 Å². The first-order valence-electron chi connectivity index (χ1n) is 5.55. The van der Waals surface area contributed by atoms with E-state index in [1.54, 1.807) is 26.2 Å². The molecule has 0 radical (unpaired) electrons. The maximum Gasteiger partial charge on any atom is 0.272 e. The van der Waals surface area contributed by atoms with Crippen LogP contribution in [-0.2, 0) is 4.74 Å². The second-order valence-electron chi connectivity index (χ2n) is 4.09. The molecule has 0 heterocycles. The van der Waals surface area contributed by atoms with Crippen molar-refractivity contribution < 1.29 is 9.66 Å². The number of nitrogens with one attached hydrogen (secondary N) is 1. The normalized spacial score (nSPS) is 12.2. The van der Waals surface area contributed by atoms with Crippen LogP contribution in [0.3, 0.4) is 0 Å². The average molecular weight is 238 g/mol. The van der Waals surface area contributed by atoms with Gasteiger partial charge in [0.15, 0.2) is 0 Å². The first-order valence-corrected chi connectivity index (χ1v) is 5.55. The molecule has 1 rings (SSSR count). The smallest absolute Gasteiger partial charge is 0.272 e. The molecular formula is C12H18N2O3. The molecule has 0 spiro atoms. The van der Waals surface area contributed by atoms with Crippen molar-refractivity contribution in [3.63, 3.8) is 0 Å². The molecule has 1 atom stereocenters. The third-order valence-electron chi connectivity index (χ3n) is 2.56. The molecule has 0 amide bonds. The van der Waals surface area contributed by atoms with Crippen LogP contribution < -0.4 is 5.32 Å². The molecule has 1 aromatic rings. The van der Waals surface area contributed by atoms with Crippen molar-refractivity contribution in [2.75, 3.05) is 19.0 Å². The van der Waals surface area contributed by atoms with E-state index in [-0.39, 0.29) is 16.7 Å². The largest absolute Gasteiger partial charge is 0.385 e. The number of anilines is 1. The van der Waals surface area contributed by atoms with Crippen molar-refractivity contribution in [2.45, 2.75) is 26.3 Å². The molecular weight excluding hydrogens is 220 g/mol. The zero-order valence-electron chi connectivity index (χ0n) is 10.4. The molecule has 94 valence electrons. The molecule has 5 heteroatoms. The van der Waals surface area contributed by atoms with Crippen molar-refractivity contribution in [2.24, 2.45) is 0 Å². The van der Waals surface area contributed by atoms with E-state index in [1.165, 1.54) is 6.07 Å². The third-order valence-corrected chi connectivity index (χ3v) is 2.56. The number of rotatable bonds is 6. The fraction of sp³-hybridized carbons (Fsp3) is 0.500. The van der Waals surface area contributed by atoms with Gasteiger partial charge in [-0.2, -0.15) is 0 Å². The van der Waals surface area contributed by atoms with Gasteiger partial charge in [-0.1, -0.05) is 0 Å². The number of hydrogen-bond acceptors (Lipinski definition) is 4. The summed E-state index contributed by atoms with van der Waals surface area (Å²) in [6.45, 7) is 4.49. The third kappa shape index (κ3) is 4.03. The highest BCUT2D eigenvalue weighted by Crippen LogP contribution is 2.22. The van der Waals surface area contributed by atoms with E-state index < -0.39 is 0 Å². The lowest BCUT2D eigenvalue weighted by Gasteiger charge is -2.15. The molecule has 1 unspecified atom stereocenters. The molecule has 0 bridgehead atoms. The Morgan fingerprint density at radius 3 is 2.76 bits per heavy atom. The van der Waals surface area contributed by atoms with Crippen LogP contribution in [0.5, 0.6) is 0 Å². The van der Waals surface area contributed by atoms with Gasteiger partial charge in [0.1, 0.15) is 0 Å². The lowest BCUT2D eigenvalue weighted by molar-refractivity contribution is -0.385. The summed E-state index contributed by atoms with van der Waals surface area (Å²) < 4.78 is 5.00. The van der Waals surface area contributed by atoms with Gasteiger partial charge in [-0.15, -0.1) is 0 Å². The van der Waals surface area contributed by atoms with Crippen LogP contribution in [-0.4, -0.2) is 24.7 Å². The lowest BCUT2D eigenvalue weighted by Crippen LogP contribution is -2.17. The number of ether oxygens (including phenoxy) is 1. The van der Waals surface area contributed by atoms with Crippen molar-refractivity contribution >= 4 is 11.4 Å². The zero-order valence-corrected chi connectivity index (χ0v) is 10.4. The van der Waals surface area contributed by atoms with Gasteiger partial charge < -0.3 is 10.1 Å². The summed E-state index contributed by atoms with van der Waals surface area (Å²) >= 11 is 0. The van der Waals surface area contributed by atoms with Gasteiger partial charge in [0, 0.05) is 37.1 Å². The second-order valence-corrected chi connectivity index (χ2v) is 4.09. The van der Waals surface area contributed by atoms with Crippen LogP contribution in [0.1, 0.15) is 18.9 Å². The molecule has 1 N–H and O–H groups in total. The highest BCUT2D eigenvalue weighted by Gasteiger charge is 2.10. The van der Waals surface area contributed by atoms with Gasteiger partial charge in [0.05, 0.1) is 4.92 Å². The Kier molecular flexibility index (Phi) is 4.90. The molecule has 0 aliphatic heterocycles. The van der Waals surface area contributed by atoms with E-state index in [0.717, 1.165) is 12.1 Å². The Bertz CT molecular complexity index is 393. The van der Waals surface area contributed by atoms with E-state index >= 15 is 0 Å². The van der Waals surface area contributed by atoms with Crippen LogP contribution in [0.25, 0.3) is 0 Å². The highest BCUT2D eigenvalue weighted by molar-refractivity contribution is 5.53. The van der Waals surface area contributed by atoms with Crippen molar-refractivity contribution in [1.29, 1.82) is 0 Å². The monoisotopic (exact) mass is 238 g/mol. The number of hydrogen-bond donors (Lipinski definition) is 1. The van der Waals surface area contributed by atoms with Crippen molar-refractivity contribution in [1.82, 2.24) is 0 Å². The Hall–Kier alpha value is -1.62. The van der Waals surface area contributed by atoms with Gasteiger partial charge in [0.25, 0.3) is 5.69 Å². The molecule has 5 nitrogen and oxygen atoms in total. The summed E-state index contributed by atoms with van der Waals surface area (Å²) in [5.41, 5.74) is 1.72. The van der Waals surface area contributed by atoms with Crippen LogP contribution in [0.15, 0.2) is 18.2 Å². The summed E-state index contributed by atoms with van der Waals surface area (Å²) in [4.78, 5) is 10.3. The van der Waals surface area contributed by atoms with E-state index in [2.05, 4.69) is 12.2 Å². The summed E-state index contributed by atoms with van der Waals surface area (Å²) in [5.74, 6) is 0. The van der Waals surface area contributed by atoms with E-state index in [0.29, 0.717) is 12.2 Å². The number of methoxy groups -OCH3 is 1. The number of aryl methyl sites for hydroxylation is 1. The van der Waals surface area contributed by atoms with Crippen LogP contribution >= 0.6 is 0 Å². The quantitative estimate of drug-likeness (QED) is 0.611. The Labute approximate surface area is 101 Å². The fourth-order valence-corrected chi connectivity index (χ4v) is 1.60. The zero-order chi connectivity index (χ0) is 12.8. The lowest BCUT2D eigenvalue weighted by atomic mass is 10.1. The van der Waals surface area contributed by atoms with E-state index in [1.807, 2.05) is 0 Å². The molecule has 17 heavy (non-hydrogen) atoms. The standard InChI is InChI=1S/C12H18N2O3/c1-9-8-11(4-5-12(9)14(15)16)13-10(2)6-7-17-3/h4-5,8,10,13H,6-7H2,1-3H3. The summed E-state index contributed by atoms with van der Waals surface area (Å²) in [6, 6.07) is 5.33. The minimum atomic E-state index is -0.368. The van der Waals surface area contributed by atoms with Gasteiger partial charge >= 0.3 is 0 Å². The maximum atomic E-state index is 10.7. The summed E-state index contributed by atoms with van der Waals surface area (Å²) in [5, 5.41) is 13.9. The van der Waals surface area contributed by atoms with E-state index in [9.17, 15) is 10.1 Å². The second kappa shape index (κ2) is 6.20. The van der Waals surface area contributed by atoms with Crippen LogP contribution in [0.2, 0.25) is 0 Å². The summed E-state index contributed by atoms with van der Waals surface area (Å²) in [7, 11) is 1.67. The average Bonchev–Trinajstić information content (AvgIpc) is 2.26. The summed E-state index contributed by atoms with van der Waals surface area (Å²) in [6.07, 6.45) is 0.895. The van der Waals surface area contributed by atoms with Gasteiger partial charge in [-0.25, -0.2) is 0 Å². The molecule has 0 saturated carbocycles. The number of benzene rings is 1. The Morgan fingerprint density at radius 2 is 2.24 bits per heavy atom. The molecule has 1 aromatic carbocycles. The predicted molar refractivity (Wildman–Crippen MR) is 67.4 cm³/mol. The van der Waals surface area contributed by atoms with Gasteiger partial charge in [-0.05, 0) is 32.4 Å². The van der Waals surface area contributed by atoms with Gasteiger partial charge in [-0.3, -0.25) is 10.1 Å².